The zero-order valence-electron chi connectivity index (χ0n) is 12.4. The molecule has 3 rings (SSSR count). The van der Waals surface area contributed by atoms with E-state index in [2.05, 4.69) is 23.2 Å². The standard InChI is InChI=1S/C18H26N2/c1-3-11-16(12-4-1)19-18(15-9-7-8-10-15)20-17-13-5-2-6-14-17/h7-9,16-17H,1-6,11-14H2,(H,19,20). The third-order valence-electron chi connectivity index (χ3n) is 4.69. The molecule has 0 bridgehead atoms. The Labute approximate surface area is 122 Å². The van der Waals surface area contributed by atoms with Gasteiger partial charge in [-0.05, 0) is 37.8 Å². The summed E-state index contributed by atoms with van der Waals surface area (Å²) in [5.41, 5.74) is 4.48. The monoisotopic (exact) mass is 270 g/mol. The summed E-state index contributed by atoms with van der Waals surface area (Å²) in [5, 5.41) is 3.72. The quantitative estimate of drug-likeness (QED) is 0.462. The van der Waals surface area contributed by atoms with E-state index >= 15 is 0 Å². The fourth-order valence-corrected chi connectivity index (χ4v) is 3.50. The van der Waals surface area contributed by atoms with Gasteiger partial charge in [0, 0.05) is 6.04 Å². The first-order chi connectivity index (χ1) is 9.92. The fraction of sp³-hybridized carbons (Fsp3) is 0.667. The summed E-state index contributed by atoms with van der Waals surface area (Å²) in [4.78, 5) is 5.05. The average Bonchev–Trinajstić information content (AvgIpc) is 3.03. The highest BCUT2D eigenvalue weighted by atomic mass is 15.0. The van der Waals surface area contributed by atoms with Crippen molar-refractivity contribution in [2.45, 2.75) is 76.3 Å². The molecular weight excluding hydrogens is 244 g/mol. The Morgan fingerprint density at radius 2 is 1.70 bits per heavy atom. The number of allylic oxidation sites excluding steroid dienone is 1. The molecule has 3 aliphatic carbocycles. The van der Waals surface area contributed by atoms with Crippen LogP contribution in [0.1, 0.15) is 64.2 Å². The predicted octanol–water partition coefficient (Wildman–Crippen LogP) is 4.29. The molecule has 2 saturated carbocycles. The van der Waals surface area contributed by atoms with E-state index in [1.807, 2.05) is 6.08 Å². The van der Waals surface area contributed by atoms with Crippen LogP contribution in [0, 0.1) is 0 Å². The van der Waals surface area contributed by atoms with Crippen molar-refractivity contribution in [1.82, 2.24) is 5.32 Å². The van der Waals surface area contributed by atoms with Crippen LogP contribution < -0.4 is 5.32 Å². The van der Waals surface area contributed by atoms with Gasteiger partial charge in [-0.1, -0.05) is 44.6 Å². The minimum atomic E-state index is 0.526. The van der Waals surface area contributed by atoms with Crippen LogP contribution in [0.3, 0.4) is 0 Å². The third-order valence-corrected chi connectivity index (χ3v) is 4.69. The lowest BCUT2D eigenvalue weighted by molar-refractivity contribution is 0.409. The number of nitrogens with zero attached hydrogens (tertiary/aromatic N) is 1. The van der Waals surface area contributed by atoms with E-state index in [0.29, 0.717) is 12.1 Å². The second-order valence-electron chi connectivity index (χ2n) is 6.33. The topological polar surface area (TPSA) is 24.4 Å². The van der Waals surface area contributed by atoms with E-state index in [-0.39, 0.29) is 0 Å². The summed E-state index contributed by atoms with van der Waals surface area (Å²) in [6.45, 7) is 0. The Morgan fingerprint density at radius 1 is 1.00 bits per heavy atom. The summed E-state index contributed by atoms with van der Waals surface area (Å²) in [5.74, 6) is 1.11. The Balaban J connectivity index is 1.71. The normalized spacial score (nSPS) is 25.0. The molecule has 0 radical (unpaired) electrons. The van der Waals surface area contributed by atoms with E-state index in [1.54, 1.807) is 0 Å². The number of nitrogens with one attached hydrogen (secondary N) is 1. The number of rotatable bonds is 3. The second kappa shape index (κ2) is 6.95. The molecule has 20 heavy (non-hydrogen) atoms. The summed E-state index contributed by atoms with van der Waals surface area (Å²) >= 11 is 0. The van der Waals surface area contributed by atoms with Crippen LogP contribution in [0.15, 0.2) is 34.5 Å². The highest BCUT2D eigenvalue weighted by Gasteiger charge is 2.19. The largest absolute Gasteiger partial charge is 0.367 e. The molecule has 108 valence electrons. The van der Waals surface area contributed by atoms with Crippen molar-refractivity contribution in [3.63, 3.8) is 0 Å². The van der Waals surface area contributed by atoms with Crippen LogP contribution in [0.4, 0.5) is 0 Å². The smallest absolute Gasteiger partial charge is 0.136 e. The summed E-state index contributed by atoms with van der Waals surface area (Å²) in [6, 6.07) is 1.15. The highest BCUT2D eigenvalue weighted by Crippen LogP contribution is 2.22. The Hall–Kier alpha value is -1.27. The lowest BCUT2D eigenvalue weighted by Crippen LogP contribution is -2.37. The van der Waals surface area contributed by atoms with Crippen molar-refractivity contribution in [1.29, 1.82) is 0 Å². The fourth-order valence-electron chi connectivity index (χ4n) is 3.50. The van der Waals surface area contributed by atoms with E-state index in [1.165, 1.54) is 64.2 Å². The molecule has 0 heterocycles. The van der Waals surface area contributed by atoms with Gasteiger partial charge in [0.2, 0.25) is 0 Å². The highest BCUT2D eigenvalue weighted by molar-refractivity contribution is 6.01. The first kappa shape index (κ1) is 13.7. The van der Waals surface area contributed by atoms with Crippen LogP contribution in [-0.4, -0.2) is 17.9 Å². The van der Waals surface area contributed by atoms with Crippen molar-refractivity contribution in [2.75, 3.05) is 0 Å². The Kier molecular flexibility index (Phi) is 4.76. The SMILES string of the molecule is C1=CC=CC=1C(=NC1CCCCC1)NC1CCCCC1. The van der Waals surface area contributed by atoms with Crippen molar-refractivity contribution in [3.05, 3.63) is 29.5 Å². The van der Waals surface area contributed by atoms with Crippen LogP contribution in [0.2, 0.25) is 0 Å². The molecule has 2 heteroatoms. The van der Waals surface area contributed by atoms with Crippen molar-refractivity contribution < 1.29 is 0 Å². The lowest BCUT2D eigenvalue weighted by Gasteiger charge is -2.26. The van der Waals surface area contributed by atoms with Crippen LogP contribution in [0.5, 0.6) is 0 Å². The summed E-state index contributed by atoms with van der Waals surface area (Å²) in [7, 11) is 0. The maximum absolute atomic E-state index is 5.05. The summed E-state index contributed by atoms with van der Waals surface area (Å²) in [6.07, 6.45) is 19.5. The Bertz CT molecular complexity index is 440. The van der Waals surface area contributed by atoms with Crippen molar-refractivity contribution >= 4 is 5.84 Å². The van der Waals surface area contributed by atoms with Crippen LogP contribution in [0.25, 0.3) is 0 Å². The van der Waals surface area contributed by atoms with E-state index in [4.69, 9.17) is 4.99 Å². The first-order valence-electron chi connectivity index (χ1n) is 8.40. The van der Waals surface area contributed by atoms with Gasteiger partial charge in [-0.25, -0.2) is 0 Å². The van der Waals surface area contributed by atoms with Crippen LogP contribution >= 0.6 is 0 Å². The zero-order chi connectivity index (χ0) is 13.6. The van der Waals surface area contributed by atoms with Gasteiger partial charge in [0.25, 0.3) is 0 Å². The number of aliphatic imine (C=N–C) groups is 1. The first-order valence-corrected chi connectivity index (χ1v) is 8.40. The third kappa shape index (κ3) is 3.64. The number of hydrogen-bond acceptors (Lipinski definition) is 1. The van der Waals surface area contributed by atoms with E-state index < -0.39 is 0 Å². The molecule has 0 aromatic carbocycles. The van der Waals surface area contributed by atoms with Gasteiger partial charge in [0.15, 0.2) is 0 Å². The molecule has 0 atom stereocenters. The Morgan fingerprint density at radius 3 is 2.35 bits per heavy atom. The van der Waals surface area contributed by atoms with Gasteiger partial charge in [0.1, 0.15) is 5.84 Å². The molecule has 2 fully saturated rings. The van der Waals surface area contributed by atoms with Gasteiger partial charge < -0.3 is 5.32 Å². The maximum atomic E-state index is 5.05. The molecule has 0 spiro atoms. The lowest BCUT2D eigenvalue weighted by atomic mass is 9.94. The molecule has 0 amide bonds. The summed E-state index contributed by atoms with van der Waals surface area (Å²) < 4.78 is 0. The predicted molar refractivity (Wildman–Crippen MR) is 85.1 cm³/mol. The van der Waals surface area contributed by atoms with Crippen LogP contribution in [-0.2, 0) is 0 Å². The van der Waals surface area contributed by atoms with E-state index in [0.717, 1.165) is 11.4 Å². The molecule has 0 unspecified atom stereocenters. The van der Waals surface area contributed by atoms with Gasteiger partial charge in [-0.2, -0.15) is 0 Å². The minimum Gasteiger partial charge on any atom is -0.367 e. The average molecular weight is 270 g/mol. The molecule has 0 aromatic heterocycles. The number of hydrogen-bond donors (Lipinski definition) is 1. The van der Waals surface area contributed by atoms with Crippen molar-refractivity contribution in [2.24, 2.45) is 4.99 Å². The van der Waals surface area contributed by atoms with Gasteiger partial charge in [-0.3, -0.25) is 4.99 Å². The van der Waals surface area contributed by atoms with Gasteiger partial charge >= 0.3 is 0 Å². The molecule has 2 nitrogen and oxygen atoms in total. The molecule has 1 N–H and O–H groups in total. The second-order valence-corrected chi connectivity index (χ2v) is 6.33. The van der Waals surface area contributed by atoms with Gasteiger partial charge in [0.05, 0.1) is 11.6 Å². The molecule has 0 saturated heterocycles. The van der Waals surface area contributed by atoms with Crippen molar-refractivity contribution in [3.8, 4) is 0 Å². The molecular formula is C18H26N2. The molecule has 3 aliphatic rings. The zero-order valence-corrected chi connectivity index (χ0v) is 12.4. The minimum absolute atomic E-state index is 0.526. The molecule has 0 aliphatic heterocycles. The number of amidine groups is 1. The van der Waals surface area contributed by atoms with E-state index in [9.17, 15) is 0 Å². The maximum Gasteiger partial charge on any atom is 0.136 e. The molecule has 0 aromatic rings. The van der Waals surface area contributed by atoms with Gasteiger partial charge in [-0.15, -0.1) is 5.73 Å².